The van der Waals surface area contributed by atoms with Gasteiger partial charge in [-0.3, -0.25) is 5.10 Å². The number of nitrogens with zero attached hydrogens (tertiary/aromatic N) is 1. The normalized spacial score (nSPS) is 13.3. The molecule has 5 nitrogen and oxygen atoms in total. The van der Waals surface area contributed by atoms with Gasteiger partial charge in [0.1, 0.15) is 5.75 Å². The molecule has 0 bridgehead atoms. The monoisotopic (exact) mass is 263 g/mol. The number of phenols is 1. The highest BCUT2D eigenvalue weighted by Gasteiger charge is 2.15. The van der Waals surface area contributed by atoms with Crippen LogP contribution in [0.2, 0.25) is 0 Å². The lowest BCUT2D eigenvalue weighted by Gasteiger charge is -2.13. The first-order valence-electron chi connectivity index (χ1n) is 6.56. The molecule has 1 aromatic carbocycles. The van der Waals surface area contributed by atoms with Crippen LogP contribution in [0.5, 0.6) is 5.75 Å². The fraction of sp³-hybridized carbons (Fsp3) is 0.500. The molecule has 0 aliphatic carbocycles. The molecule has 19 heavy (non-hydrogen) atoms. The minimum absolute atomic E-state index is 0.202. The lowest BCUT2D eigenvalue weighted by molar-refractivity contribution is 0.168. The van der Waals surface area contributed by atoms with Crippen molar-refractivity contribution in [3.8, 4) is 5.75 Å². The highest BCUT2D eigenvalue weighted by molar-refractivity contribution is 5.89. The highest BCUT2D eigenvalue weighted by Crippen LogP contribution is 2.29. The summed E-state index contributed by atoms with van der Waals surface area (Å²) in [6, 6.07) is 3.83. The van der Waals surface area contributed by atoms with E-state index in [0.29, 0.717) is 24.4 Å². The van der Waals surface area contributed by atoms with Crippen LogP contribution in [0.4, 0.5) is 0 Å². The number of aromatic amines is 1. The summed E-state index contributed by atoms with van der Waals surface area (Å²) in [5, 5.41) is 31.0. The van der Waals surface area contributed by atoms with Gasteiger partial charge in [0.2, 0.25) is 0 Å². The molecular weight excluding hydrogens is 242 g/mol. The second-order valence-corrected chi connectivity index (χ2v) is 5.25. The predicted molar refractivity (Wildman–Crippen MR) is 75.3 cm³/mol. The van der Waals surface area contributed by atoms with Crippen LogP contribution in [0, 0.1) is 6.92 Å². The Hall–Kier alpha value is -1.59. The Morgan fingerprint density at radius 1 is 1.37 bits per heavy atom. The molecule has 0 radical (unpaired) electrons. The van der Waals surface area contributed by atoms with Gasteiger partial charge in [0.05, 0.1) is 17.0 Å². The summed E-state index contributed by atoms with van der Waals surface area (Å²) in [6.07, 6.45) is -0.0706. The third kappa shape index (κ3) is 3.05. The zero-order valence-electron chi connectivity index (χ0n) is 11.6. The summed E-state index contributed by atoms with van der Waals surface area (Å²) in [7, 11) is 0. The molecule has 0 saturated heterocycles. The van der Waals surface area contributed by atoms with Gasteiger partial charge in [0.15, 0.2) is 0 Å². The minimum Gasteiger partial charge on any atom is -0.507 e. The molecule has 0 saturated carbocycles. The molecular formula is C14H21N3O2. The lowest BCUT2D eigenvalue weighted by Crippen LogP contribution is -2.33. The summed E-state index contributed by atoms with van der Waals surface area (Å²) >= 11 is 0. The van der Waals surface area contributed by atoms with Gasteiger partial charge in [-0.25, -0.2) is 0 Å². The van der Waals surface area contributed by atoms with Gasteiger partial charge in [0, 0.05) is 24.7 Å². The Morgan fingerprint density at radius 2 is 2.11 bits per heavy atom. The van der Waals surface area contributed by atoms with E-state index in [-0.39, 0.29) is 5.75 Å². The number of benzene rings is 1. The van der Waals surface area contributed by atoms with Crippen molar-refractivity contribution in [2.75, 3.05) is 6.54 Å². The smallest absolute Gasteiger partial charge is 0.126 e. The number of aliphatic hydroxyl groups is 1. The topological polar surface area (TPSA) is 81.2 Å². The van der Waals surface area contributed by atoms with Gasteiger partial charge in [-0.15, -0.1) is 0 Å². The second-order valence-electron chi connectivity index (χ2n) is 5.25. The summed E-state index contributed by atoms with van der Waals surface area (Å²) in [4.78, 5) is 0. The second kappa shape index (κ2) is 5.59. The molecule has 0 aliphatic heterocycles. The third-order valence-corrected chi connectivity index (χ3v) is 3.16. The largest absolute Gasteiger partial charge is 0.507 e. The summed E-state index contributed by atoms with van der Waals surface area (Å²) in [6.45, 7) is 6.54. The number of aryl methyl sites for hydroxylation is 1. The van der Waals surface area contributed by atoms with Gasteiger partial charge in [0.25, 0.3) is 0 Å². The van der Waals surface area contributed by atoms with Crippen molar-refractivity contribution in [2.24, 2.45) is 0 Å². The molecule has 5 heteroatoms. The van der Waals surface area contributed by atoms with Gasteiger partial charge in [-0.05, 0) is 18.6 Å². The van der Waals surface area contributed by atoms with E-state index in [4.69, 9.17) is 0 Å². The zero-order chi connectivity index (χ0) is 14.0. The average Bonchev–Trinajstić information content (AvgIpc) is 2.76. The fourth-order valence-electron chi connectivity index (χ4n) is 2.13. The van der Waals surface area contributed by atoms with E-state index in [1.165, 1.54) is 0 Å². The summed E-state index contributed by atoms with van der Waals surface area (Å²) in [5.41, 5.74) is 2.54. The maximum absolute atomic E-state index is 10.00. The molecule has 1 atom stereocenters. The Kier molecular flexibility index (Phi) is 4.07. The van der Waals surface area contributed by atoms with E-state index in [2.05, 4.69) is 15.5 Å². The molecule has 0 fully saturated rings. The van der Waals surface area contributed by atoms with Crippen molar-refractivity contribution in [2.45, 2.75) is 39.3 Å². The number of aromatic nitrogens is 2. The van der Waals surface area contributed by atoms with Crippen LogP contribution in [0.15, 0.2) is 12.1 Å². The number of phenolic OH excluding ortho intramolecular Hbond substituents is 1. The lowest BCUT2D eigenvalue weighted by atomic mass is 10.1. The Balaban J connectivity index is 2.19. The van der Waals surface area contributed by atoms with E-state index in [9.17, 15) is 10.2 Å². The number of H-pyrrole nitrogens is 1. The van der Waals surface area contributed by atoms with Gasteiger partial charge in [-0.2, -0.15) is 5.10 Å². The maximum atomic E-state index is 10.00. The van der Waals surface area contributed by atoms with Crippen molar-refractivity contribution >= 4 is 10.9 Å². The molecule has 2 aromatic rings. The molecule has 1 heterocycles. The Bertz CT molecular complexity index is 563. The molecule has 104 valence electrons. The molecule has 1 aromatic heterocycles. The van der Waals surface area contributed by atoms with Crippen molar-refractivity contribution < 1.29 is 10.2 Å². The number of aromatic hydroxyl groups is 1. The zero-order valence-corrected chi connectivity index (χ0v) is 11.6. The quantitative estimate of drug-likeness (QED) is 0.658. The van der Waals surface area contributed by atoms with Crippen LogP contribution in [0.1, 0.15) is 25.1 Å². The van der Waals surface area contributed by atoms with Crippen molar-refractivity contribution in [3.05, 3.63) is 23.4 Å². The maximum Gasteiger partial charge on any atom is 0.126 e. The van der Waals surface area contributed by atoms with Crippen LogP contribution < -0.4 is 5.32 Å². The predicted octanol–water partition coefficient (Wildman–Crippen LogP) is 1.48. The van der Waals surface area contributed by atoms with Crippen LogP contribution in [-0.2, 0) is 6.42 Å². The number of fused-ring (bicyclic) bond motifs is 1. The van der Waals surface area contributed by atoms with Crippen LogP contribution in [-0.4, -0.2) is 39.1 Å². The fourth-order valence-corrected chi connectivity index (χ4v) is 2.13. The highest BCUT2D eigenvalue weighted by atomic mass is 16.3. The van der Waals surface area contributed by atoms with Gasteiger partial charge >= 0.3 is 0 Å². The molecule has 0 aliphatic rings. The van der Waals surface area contributed by atoms with E-state index in [0.717, 1.165) is 16.8 Å². The van der Waals surface area contributed by atoms with Gasteiger partial charge < -0.3 is 15.5 Å². The summed E-state index contributed by atoms with van der Waals surface area (Å²) < 4.78 is 0. The number of hydrogen-bond donors (Lipinski definition) is 4. The average molecular weight is 263 g/mol. The number of rotatable bonds is 5. The third-order valence-electron chi connectivity index (χ3n) is 3.16. The van der Waals surface area contributed by atoms with Crippen molar-refractivity contribution in [3.63, 3.8) is 0 Å². The molecule has 0 amide bonds. The van der Waals surface area contributed by atoms with Gasteiger partial charge in [-0.1, -0.05) is 19.9 Å². The van der Waals surface area contributed by atoms with Crippen LogP contribution in [0.25, 0.3) is 10.9 Å². The number of hydrogen-bond acceptors (Lipinski definition) is 4. The van der Waals surface area contributed by atoms with Crippen LogP contribution >= 0.6 is 0 Å². The van der Waals surface area contributed by atoms with E-state index in [1.807, 2.05) is 26.8 Å². The molecule has 4 N–H and O–H groups in total. The number of nitrogens with one attached hydrogen (secondary N) is 2. The van der Waals surface area contributed by atoms with E-state index >= 15 is 0 Å². The van der Waals surface area contributed by atoms with E-state index in [1.54, 1.807) is 6.07 Å². The van der Waals surface area contributed by atoms with Crippen molar-refractivity contribution in [1.82, 2.24) is 15.5 Å². The first-order chi connectivity index (χ1) is 8.99. The molecule has 2 rings (SSSR count). The first-order valence-corrected chi connectivity index (χ1v) is 6.56. The van der Waals surface area contributed by atoms with Crippen LogP contribution in [0.3, 0.4) is 0 Å². The first kappa shape index (κ1) is 13.8. The van der Waals surface area contributed by atoms with Crippen molar-refractivity contribution in [1.29, 1.82) is 0 Å². The molecule has 1 unspecified atom stereocenters. The standard InChI is InChI=1S/C14H21N3O2/c1-8(2)15-7-10(18)6-11-13-12(19)5-4-9(3)14(13)17-16-11/h4-5,8,10,15,18-19H,6-7H2,1-3H3,(H,16,17). The molecule has 0 spiro atoms. The Morgan fingerprint density at radius 3 is 2.79 bits per heavy atom. The van der Waals surface area contributed by atoms with E-state index < -0.39 is 6.10 Å². The summed E-state index contributed by atoms with van der Waals surface area (Å²) in [5.74, 6) is 0.202. The SMILES string of the molecule is Cc1ccc(O)c2c(CC(O)CNC(C)C)[nH]nc12. The number of aliphatic hydroxyl groups excluding tert-OH is 1. The Labute approximate surface area is 112 Å². The minimum atomic E-state index is -0.508.